The molecule has 0 bridgehead atoms. The zero-order valence-corrected chi connectivity index (χ0v) is 10.4. The van der Waals surface area contributed by atoms with E-state index in [2.05, 4.69) is 5.32 Å². The maximum atomic E-state index is 13.3. The van der Waals surface area contributed by atoms with Gasteiger partial charge in [-0.15, -0.1) is 0 Å². The number of benzene rings is 1. The van der Waals surface area contributed by atoms with Crippen LogP contribution in [0.1, 0.15) is 5.56 Å². The van der Waals surface area contributed by atoms with Crippen molar-refractivity contribution in [3.05, 3.63) is 34.6 Å². The highest BCUT2D eigenvalue weighted by molar-refractivity contribution is 7.90. The summed E-state index contributed by atoms with van der Waals surface area (Å²) >= 11 is 5.80. The average Bonchev–Trinajstić information content (AvgIpc) is 2.14. The molecule has 0 atom stereocenters. The highest BCUT2D eigenvalue weighted by atomic mass is 35.5. The molecule has 0 spiro atoms. The Morgan fingerprint density at radius 3 is 2.69 bits per heavy atom. The summed E-state index contributed by atoms with van der Waals surface area (Å²) in [4.78, 5) is 0. The molecule has 1 aromatic rings. The van der Waals surface area contributed by atoms with Gasteiger partial charge >= 0.3 is 0 Å². The van der Waals surface area contributed by atoms with Crippen molar-refractivity contribution in [2.75, 3.05) is 18.6 Å². The molecule has 16 heavy (non-hydrogen) atoms. The van der Waals surface area contributed by atoms with Crippen molar-refractivity contribution in [2.45, 2.75) is 6.54 Å². The van der Waals surface area contributed by atoms with E-state index in [1.807, 2.05) is 0 Å². The molecule has 0 saturated carbocycles. The van der Waals surface area contributed by atoms with Gasteiger partial charge in [0.05, 0.1) is 5.75 Å². The van der Waals surface area contributed by atoms with Crippen LogP contribution < -0.4 is 5.32 Å². The van der Waals surface area contributed by atoms with Crippen molar-refractivity contribution in [3.63, 3.8) is 0 Å². The molecule has 0 amide bonds. The first-order chi connectivity index (χ1) is 7.40. The Kier molecular flexibility index (Phi) is 4.70. The number of hydrogen-bond acceptors (Lipinski definition) is 3. The molecule has 6 heteroatoms. The van der Waals surface area contributed by atoms with E-state index in [0.29, 0.717) is 10.6 Å². The second-order valence-corrected chi connectivity index (χ2v) is 6.17. The third-order valence-corrected chi connectivity index (χ3v) is 3.31. The van der Waals surface area contributed by atoms with Crippen LogP contribution >= 0.6 is 11.6 Å². The van der Waals surface area contributed by atoms with Crippen LogP contribution in [0.5, 0.6) is 0 Å². The van der Waals surface area contributed by atoms with Crippen molar-refractivity contribution in [3.8, 4) is 0 Å². The van der Waals surface area contributed by atoms with E-state index in [4.69, 9.17) is 11.6 Å². The first-order valence-electron chi connectivity index (χ1n) is 4.71. The second kappa shape index (κ2) is 5.61. The van der Waals surface area contributed by atoms with E-state index < -0.39 is 9.84 Å². The van der Waals surface area contributed by atoms with E-state index >= 15 is 0 Å². The van der Waals surface area contributed by atoms with E-state index in [-0.39, 0.29) is 24.7 Å². The molecular formula is C10H13ClFNO2S. The molecule has 0 aromatic heterocycles. The van der Waals surface area contributed by atoms with Crippen molar-refractivity contribution in [2.24, 2.45) is 0 Å². The van der Waals surface area contributed by atoms with Crippen LogP contribution in [0.4, 0.5) is 4.39 Å². The summed E-state index contributed by atoms with van der Waals surface area (Å²) in [5.74, 6) is -0.363. The van der Waals surface area contributed by atoms with Gasteiger partial charge in [-0.3, -0.25) is 0 Å². The van der Waals surface area contributed by atoms with Crippen molar-refractivity contribution in [1.29, 1.82) is 0 Å². The van der Waals surface area contributed by atoms with E-state index in [1.165, 1.54) is 12.1 Å². The summed E-state index contributed by atoms with van der Waals surface area (Å²) in [6.07, 6.45) is 1.16. The zero-order chi connectivity index (χ0) is 12.2. The molecule has 0 unspecified atom stereocenters. The quantitative estimate of drug-likeness (QED) is 0.823. The average molecular weight is 266 g/mol. The minimum Gasteiger partial charge on any atom is -0.312 e. The van der Waals surface area contributed by atoms with Gasteiger partial charge in [-0.1, -0.05) is 17.7 Å². The minimum atomic E-state index is -2.99. The van der Waals surface area contributed by atoms with Gasteiger partial charge in [0.15, 0.2) is 0 Å². The summed E-state index contributed by atoms with van der Waals surface area (Å²) < 4.78 is 34.9. The summed E-state index contributed by atoms with van der Waals surface area (Å²) in [7, 11) is -2.99. The fourth-order valence-electron chi connectivity index (χ4n) is 1.17. The molecule has 0 radical (unpaired) electrons. The lowest BCUT2D eigenvalue weighted by Crippen LogP contribution is -2.22. The smallest absolute Gasteiger partial charge is 0.148 e. The van der Waals surface area contributed by atoms with Gasteiger partial charge in [0.1, 0.15) is 15.7 Å². The summed E-state index contributed by atoms with van der Waals surface area (Å²) in [5.41, 5.74) is 0.359. The second-order valence-electron chi connectivity index (χ2n) is 3.51. The maximum absolute atomic E-state index is 13.3. The minimum absolute atomic E-state index is 0.0269. The Morgan fingerprint density at radius 1 is 1.44 bits per heavy atom. The maximum Gasteiger partial charge on any atom is 0.148 e. The summed E-state index contributed by atoms with van der Waals surface area (Å²) in [6, 6.07) is 4.44. The van der Waals surface area contributed by atoms with Gasteiger partial charge in [0.25, 0.3) is 0 Å². The van der Waals surface area contributed by atoms with Gasteiger partial charge in [-0.25, -0.2) is 12.8 Å². The van der Waals surface area contributed by atoms with E-state index in [9.17, 15) is 12.8 Å². The third-order valence-electron chi connectivity index (χ3n) is 2.01. The molecule has 90 valence electrons. The van der Waals surface area contributed by atoms with Crippen LogP contribution in [0.25, 0.3) is 0 Å². The summed E-state index contributed by atoms with van der Waals surface area (Å²) in [5, 5.41) is 3.18. The Hall–Kier alpha value is -0.650. The Balaban J connectivity index is 2.49. The standard InChI is InChI=1S/C10H13ClFNO2S/c1-16(14,15)6-5-13-7-8-9(11)3-2-4-10(8)12/h2-4,13H,5-7H2,1H3. The lowest BCUT2D eigenvalue weighted by atomic mass is 10.2. The molecule has 1 rings (SSSR count). The molecule has 0 fully saturated rings. The predicted octanol–water partition coefficient (Wildman–Crippen LogP) is 1.61. The topological polar surface area (TPSA) is 46.2 Å². The van der Waals surface area contributed by atoms with Gasteiger partial charge in [-0.2, -0.15) is 0 Å². The summed E-state index contributed by atoms with van der Waals surface area (Å²) in [6.45, 7) is 0.504. The van der Waals surface area contributed by atoms with Crippen molar-refractivity contribution >= 4 is 21.4 Å². The number of nitrogens with one attached hydrogen (secondary N) is 1. The van der Waals surface area contributed by atoms with Crippen LogP contribution in [0.3, 0.4) is 0 Å². The highest BCUT2D eigenvalue weighted by Crippen LogP contribution is 2.18. The fraction of sp³-hybridized carbons (Fsp3) is 0.400. The monoisotopic (exact) mass is 265 g/mol. The largest absolute Gasteiger partial charge is 0.312 e. The van der Waals surface area contributed by atoms with Crippen LogP contribution in [0.2, 0.25) is 5.02 Å². The molecule has 0 aliphatic rings. The number of sulfone groups is 1. The Labute approximate surface area is 99.5 Å². The molecule has 1 aromatic carbocycles. The fourth-order valence-corrected chi connectivity index (χ4v) is 1.92. The van der Waals surface area contributed by atoms with Crippen LogP contribution in [-0.2, 0) is 16.4 Å². The first-order valence-corrected chi connectivity index (χ1v) is 7.15. The van der Waals surface area contributed by atoms with Gasteiger partial charge in [0.2, 0.25) is 0 Å². The molecular weight excluding hydrogens is 253 g/mol. The number of hydrogen-bond donors (Lipinski definition) is 1. The van der Waals surface area contributed by atoms with E-state index in [1.54, 1.807) is 6.07 Å². The normalized spacial score (nSPS) is 11.7. The molecule has 0 aliphatic heterocycles. The highest BCUT2D eigenvalue weighted by Gasteiger charge is 2.06. The van der Waals surface area contributed by atoms with Crippen LogP contribution in [0, 0.1) is 5.82 Å². The predicted molar refractivity (Wildman–Crippen MR) is 62.8 cm³/mol. The lowest BCUT2D eigenvalue weighted by molar-refractivity contribution is 0.585. The SMILES string of the molecule is CS(=O)(=O)CCNCc1c(F)cccc1Cl. The van der Waals surface area contributed by atoms with Crippen LogP contribution in [-0.4, -0.2) is 27.0 Å². The van der Waals surface area contributed by atoms with E-state index in [0.717, 1.165) is 6.26 Å². The zero-order valence-electron chi connectivity index (χ0n) is 8.83. The first kappa shape index (κ1) is 13.4. The lowest BCUT2D eigenvalue weighted by Gasteiger charge is -2.07. The molecule has 0 saturated heterocycles. The van der Waals surface area contributed by atoms with Gasteiger partial charge in [0, 0.05) is 29.9 Å². The Morgan fingerprint density at radius 2 is 2.12 bits per heavy atom. The Bertz CT molecular complexity index is 442. The van der Waals surface area contributed by atoms with Crippen LogP contribution in [0.15, 0.2) is 18.2 Å². The number of halogens is 2. The van der Waals surface area contributed by atoms with Crippen molar-refractivity contribution in [1.82, 2.24) is 5.32 Å². The molecule has 1 N–H and O–H groups in total. The van der Waals surface area contributed by atoms with Gasteiger partial charge in [-0.05, 0) is 12.1 Å². The molecule has 0 heterocycles. The molecule has 0 aliphatic carbocycles. The molecule has 3 nitrogen and oxygen atoms in total. The third kappa shape index (κ3) is 4.47. The van der Waals surface area contributed by atoms with Gasteiger partial charge < -0.3 is 5.32 Å². The number of rotatable bonds is 5. The van der Waals surface area contributed by atoms with Crippen molar-refractivity contribution < 1.29 is 12.8 Å².